The van der Waals surface area contributed by atoms with Crippen molar-refractivity contribution in [1.82, 2.24) is 9.78 Å². The lowest BCUT2D eigenvalue weighted by molar-refractivity contribution is 0.488. The van der Waals surface area contributed by atoms with E-state index in [2.05, 4.69) is 25.0 Å². The van der Waals surface area contributed by atoms with Gasteiger partial charge in [0.2, 0.25) is 0 Å². The van der Waals surface area contributed by atoms with E-state index in [1.54, 1.807) is 0 Å². The lowest BCUT2D eigenvalue weighted by atomic mass is 9.97. The van der Waals surface area contributed by atoms with Crippen LogP contribution in [0.5, 0.6) is 0 Å². The van der Waals surface area contributed by atoms with E-state index in [1.165, 1.54) is 0 Å². The summed E-state index contributed by atoms with van der Waals surface area (Å²) < 4.78 is 1.83. The molecule has 0 saturated carbocycles. The molecular weight excluding hydrogens is 184 g/mol. The van der Waals surface area contributed by atoms with Gasteiger partial charge in [-0.1, -0.05) is 13.3 Å². The van der Waals surface area contributed by atoms with Gasteiger partial charge >= 0.3 is 0 Å². The molecule has 0 aliphatic heterocycles. The lowest BCUT2D eigenvalue weighted by Gasteiger charge is -2.15. The summed E-state index contributed by atoms with van der Waals surface area (Å²) in [5, 5.41) is 4.57. The van der Waals surface area contributed by atoms with Crippen molar-refractivity contribution in [2.75, 3.05) is 0 Å². The molecular formula is C10H17ClN2. The quantitative estimate of drug-likeness (QED) is 0.684. The topological polar surface area (TPSA) is 17.8 Å². The Hall–Kier alpha value is -0.500. The first-order valence-electron chi connectivity index (χ1n) is 4.76. The van der Waals surface area contributed by atoms with Crippen molar-refractivity contribution in [3.63, 3.8) is 0 Å². The van der Waals surface area contributed by atoms with Gasteiger partial charge in [-0.25, -0.2) is 0 Å². The molecule has 1 heterocycles. The molecule has 1 rings (SSSR count). The molecule has 2 nitrogen and oxygen atoms in total. The van der Waals surface area contributed by atoms with Crippen molar-refractivity contribution in [1.29, 1.82) is 0 Å². The van der Waals surface area contributed by atoms with Crippen LogP contribution in [0.25, 0.3) is 0 Å². The number of halogens is 1. The van der Waals surface area contributed by atoms with E-state index in [-0.39, 0.29) is 5.38 Å². The number of nitrogens with zero attached hydrogens (tertiary/aromatic N) is 2. The highest BCUT2D eigenvalue weighted by molar-refractivity contribution is 6.20. The molecule has 3 heteroatoms. The molecule has 0 saturated heterocycles. The molecule has 2 atom stereocenters. The van der Waals surface area contributed by atoms with Crippen molar-refractivity contribution >= 4 is 11.6 Å². The first kappa shape index (κ1) is 10.6. The fourth-order valence-corrected chi connectivity index (χ4v) is 1.74. The van der Waals surface area contributed by atoms with Gasteiger partial charge in [0.15, 0.2) is 0 Å². The maximum Gasteiger partial charge on any atom is 0.0627 e. The fraction of sp³-hybridized carbons (Fsp3) is 0.700. The Bertz CT molecular complexity index is 255. The molecule has 1 aromatic rings. The van der Waals surface area contributed by atoms with Gasteiger partial charge in [-0.05, 0) is 25.3 Å². The molecule has 0 spiro atoms. The first-order chi connectivity index (χ1) is 6.13. The van der Waals surface area contributed by atoms with Gasteiger partial charge in [0.25, 0.3) is 0 Å². The van der Waals surface area contributed by atoms with Crippen molar-refractivity contribution < 1.29 is 0 Å². The summed E-state index contributed by atoms with van der Waals surface area (Å²) in [6.45, 7) is 4.23. The summed E-state index contributed by atoms with van der Waals surface area (Å²) in [6, 6.07) is 2.06. The normalized spacial score (nSPS) is 15.7. The second-order valence-corrected chi connectivity index (χ2v) is 4.22. The Kier molecular flexibility index (Phi) is 3.79. The monoisotopic (exact) mass is 200 g/mol. The van der Waals surface area contributed by atoms with Crippen molar-refractivity contribution in [3.05, 3.63) is 18.0 Å². The third-order valence-electron chi connectivity index (χ3n) is 2.41. The minimum Gasteiger partial charge on any atom is -0.276 e. The van der Waals surface area contributed by atoms with Crippen LogP contribution in [0.3, 0.4) is 0 Å². The number of aromatic nitrogens is 2. The van der Waals surface area contributed by atoms with Crippen LogP contribution >= 0.6 is 11.6 Å². The zero-order valence-corrected chi connectivity index (χ0v) is 9.25. The third-order valence-corrected chi connectivity index (χ3v) is 2.77. The van der Waals surface area contributed by atoms with E-state index in [9.17, 15) is 0 Å². The van der Waals surface area contributed by atoms with Gasteiger partial charge in [-0.15, -0.1) is 11.6 Å². The average molecular weight is 201 g/mol. The molecule has 0 aliphatic rings. The lowest BCUT2D eigenvalue weighted by Crippen LogP contribution is -2.13. The van der Waals surface area contributed by atoms with Crippen molar-refractivity contribution in [2.24, 2.45) is 13.0 Å². The standard InChI is InChI=1S/C10H17ClN2/c1-4-9(8(2)11)7-10-5-6-13(3)12-10/h5-6,8-9H,4,7H2,1-3H3. The van der Waals surface area contributed by atoms with Crippen molar-refractivity contribution in [3.8, 4) is 0 Å². The summed E-state index contributed by atoms with van der Waals surface area (Å²) in [6.07, 6.45) is 4.07. The van der Waals surface area contributed by atoms with Gasteiger partial charge in [-0.3, -0.25) is 4.68 Å². The second-order valence-electron chi connectivity index (χ2n) is 3.53. The van der Waals surface area contributed by atoms with Crippen LogP contribution in [0.15, 0.2) is 12.3 Å². The van der Waals surface area contributed by atoms with E-state index in [1.807, 2.05) is 17.9 Å². The summed E-state index contributed by atoms with van der Waals surface area (Å²) in [5.41, 5.74) is 1.14. The van der Waals surface area contributed by atoms with Crippen LogP contribution in [0.4, 0.5) is 0 Å². The van der Waals surface area contributed by atoms with Crippen LogP contribution in [-0.2, 0) is 13.5 Å². The first-order valence-corrected chi connectivity index (χ1v) is 5.19. The molecule has 0 amide bonds. The van der Waals surface area contributed by atoms with Gasteiger partial charge < -0.3 is 0 Å². The zero-order valence-electron chi connectivity index (χ0n) is 8.50. The van der Waals surface area contributed by atoms with E-state index in [4.69, 9.17) is 11.6 Å². The highest BCUT2D eigenvalue weighted by Gasteiger charge is 2.14. The number of aryl methyl sites for hydroxylation is 1. The Morgan fingerprint density at radius 2 is 2.31 bits per heavy atom. The molecule has 0 radical (unpaired) electrons. The fourth-order valence-electron chi connectivity index (χ4n) is 1.47. The summed E-state index contributed by atoms with van der Waals surface area (Å²) in [7, 11) is 1.94. The van der Waals surface area contributed by atoms with Crippen LogP contribution in [0, 0.1) is 5.92 Å². The van der Waals surface area contributed by atoms with Gasteiger partial charge in [0.05, 0.1) is 5.69 Å². The van der Waals surface area contributed by atoms with Crippen LogP contribution in [0.1, 0.15) is 26.0 Å². The van der Waals surface area contributed by atoms with Crippen molar-refractivity contribution in [2.45, 2.75) is 32.1 Å². The van der Waals surface area contributed by atoms with Gasteiger partial charge in [0.1, 0.15) is 0 Å². The van der Waals surface area contributed by atoms with E-state index in [0.717, 1.165) is 18.5 Å². The highest BCUT2D eigenvalue weighted by Crippen LogP contribution is 2.18. The number of hydrogen-bond acceptors (Lipinski definition) is 1. The van der Waals surface area contributed by atoms with Gasteiger partial charge in [-0.2, -0.15) is 5.10 Å². The summed E-state index contributed by atoms with van der Waals surface area (Å²) in [4.78, 5) is 0. The summed E-state index contributed by atoms with van der Waals surface area (Å²) in [5.74, 6) is 0.538. The molecule has 0 aliphatic carbocycles. The SMILES string of the molecule is CCC(Cc1ccn(C)n1)C(C)Cl. The van der Waals surface area contributed by atoms with E-state index >= 15 is 0 Å². The molecule has 13 heavy (non-hydrogen) atoms. The van der Waals surface area contributed by atoms with E-state index in [0.29, 0.717) is 5.92 Å². The Morgan fingerprint density at radius 1 is 1.62 bits per heavy atom. The second kappa shape index (κ2) is 4.66. The Morgan fingerprint density at radius 3 is 2.69 bits per heavy atom. The average Bonchev–Trinajstić information content (AvgIpc) is 2.46. The molecule has 0 aromatic carbocycles. The molecule has 2 unspecified atom stereocenters. The number of rotatable bonds is 4. The minimum absolute atomic E-state index is 0.229. The molecule has 0 N–H and O–H groups in total. The third kappa shape index (κ3) is 3.03. The van der Waals surface area contributed by atoms with Crippen LogP contribution < -0.4 is 0 Å². The summed E-state index contributed by atoms with van der Waals surface area (Å²) >= 11 is 6.07. The molecule has 0 bridgehead atoms. The zero-order chi connectivity index (χ0) is 9.84. The maximum atomic E-state index is 6.07. The molecule has 1 aromatic heterocycles. The predicted molar refractivity (Wildman–Crippen MR) is 56.0 cm³/mol. The largest absolute Gasteiger partial charge is 0.276 e. The Balaban J connectivity index is 2.56. The van der Waals surface area contributed by atoms with Crippen LogP contribution in [-0.4, -0.2) is 15.2 Å². The maximum absolute atomic E-state index is 6.07. The van der Waals surface area contributed by atoms with Crippen LogP contribution in [0.2, 0.25) is 0 Å². The molecule has 74 valence electrons. The Labute approximate surface area is 84.9 Å². The molecule has 0 fully saturated rings. The highest BCUT2D eigenvalue weighted by atomic mass is 35.5. The number of alkyl halides is 1. The number of hydrogen-bond donors (Lipinski definition) is 0. The van der Waals surface area contributed by atoms with E-state index < -0.39 is 0 Å². The smallest absolute Gasteiger partial charge is 0.0627 e. The predicted octanol–water partition coefficient (Wildman–Crippen LogP) is 2.62. The minimum atomic E-state index is 0.229. The van der Waals surface area contributed by atoms with Gasteiger partial charge in [0, 0.05) is 18.6 Å².